The first-order valence-corrected chi connectivity index (χ1v) is 5.87. The maximum atomic E-state index is 9.70. The third-order valence-electron chi connectivity index (χ3n) is 2.32. The molecule has 1 atom stereocenters. The summed E-state index contributed by atoms with van der Waals surface area (Å²) in [5.74, 6) is 0.554. The van der Waals surface area contributed by atoms with Crippen LogP contribution in [0.5, 0.6) is 0 Å². The molecule has 0 aliphatic heterocycles. The molecular weight excluding hydrogens is 288 g/mol. The molecule has 0 radical (unpaired) electrons. The monoisotopic (exact) mass is 300 g/mol. The van der Waals surface area contributed by atoms with Gasteiger partial charge in [-0.25, -0.2) is 9.97 Å². The summed E-state index contributed by atoms with van der Waals surface area (Å²) < 4.78 is 2.47. The van der Waals surface area contributed by atoms with E-state index in [1.807, 2.05) is 4.40 Å². The molecule has 0 bridgehead atoms. The number of nitrogens with one attached hydrogen (secondary N) is 1. The zero-order chi connectivity index (χ0) is 12.5. The quantitative estimate of drug-likeness (QED) is 0.772. The van der Waals surface area contributed by atoms with Gasteiger partial charge in [0.1, 0.15) is 10.2 Å². The van der Waals surface area contributed by atoms with Crippen LogP contribution in [0.3, 0.4) is 0 Å². The molecule has 7 heteroatoms. The van der Waals surface area contributed by atoms with Gasteiger partial charge in [-0.3, -0.25) is 0 Å². The van der Waals surface area contributed by atoms with Gasteiger partial charge in [-0.15, -0.1) is 0 Å². The summed E-state index contributed by atoms with van der Waals surface area (Å²) in [7, 11) is 0. The van der Waals surface area contributed by atoms with Crippen LogP contribution in [0.15, 0.2) is 23.2 Å². The number of anilines is 1. The van der Waals surface area contributed by atoms with Crippen molar-refractivity contribution in [2.24, 2.45) is 0 Å². The summed E-state index contributed by atoms with van der Waals surface area (Å²) in [5, 5.41) is 21.6. The van der Waals surface area contributed by atoms with Crippen molar-refractivity contribution >= 4 is 27.4 Å². The van der Waals surface area contributed by atoms with E-state index in [9.17, 15) is 5.11 Å². The fraction of sp³-hybridized carbons (Fsp3) is 0.400. The van der Waals surface area contributed by atoms with Crippen LogP contribution in [0.1, 0.15) is 6.92 Å². The minimum atomic E-state index is -1.19. The molecule has 0 aromatic carbocycles. The van der Waals surface area contributed by atoms with Gasteiger partial charge in [0.05, 0.1) is 6.61 Å². The summed E-state index contributed by atoms with van der Waals surface area (Å²) in [6, 6.07) is 0. The van der Waals surface area contributed by atoms with Crippen molar-refractivity contribution in [3.8, 4) is 0 Å². The van der Waals surface area contributed by atoms with Gasteiger partial charge in [0.2, 0.25) is 0 Å². The molecule has 0 aliphatic rings. The van der Waals surface area contributed by atoms with Gasteiger partial charge in [0.25, 0.3) is 0 Å². The molecule has 2 heterocycles. The Labute approximate surface area is 106 Å². The van der Waals surface area contributed by atoms with Crippen LogP contribution in [-0.2, 0) is 0 Å². The summed E-state index contributed by atoms with van der Waals surface area (Å²) in [4.78, 5) is 8.40. The predicted octanol–water partition coefficient (Wildman–Crippen LogP) is 0.647. The molecule has 0 spiro atoms. The number of rotatable bonds is 4. The predicted molar refractivity (Wildman–Crippen MR) is 66.9 cm³/mol. The molecule has 3 N–H and O–H groups in total. The Morgan fingerprint density at radius 2 is 2.35 bits per heavy atom. The Morgan fingerprint density at radius 1 is 1.59 bits per heavy atom. The highest BCUT2D eigenvalue weighted by atomic mass is 79.9. The van der Waals surface area contributed by atoms with Gasteiger partial charge in [-0.05, 0) is 22.9 Å². The van der Waals surface area contributed by atoms with E-state index in [2.05, 4.69) is 31.2 Å². The third kappa shape index (κ3) is 2.74. The molecule has 0 saturated carbocycles. The normalized spacial score (nSPS) is 14.8. The number of hydrogen-bond acceptors (Lipinski definition) is 5. The number of aliphatic hydroxyl groups excluding tert-OH is 1. The van der Waals surface area contributed by atoms with Crippen molar-refractivity contribution < 1.29 is 10.2 Å². The second-order valence-electron chi connectivity index (χ2n) is 4.08. The number of imidazole rings is 1. The van der Waals surface area contributed by atoms with E-state index in [0.717, 1.165) is 0 Å². The third-order valence-corrected chi connectivity index (χ3v) is 2.70. The Kier molecular flexibility index (Phi) is 3.32. The van der Waals surface area contributed by atoms with Crippen molar-refractivity contribution in [1.82, 2.24) is 14.4 Å². The Morgan fingerprint density at radius 3 is 3.06 bits per heavy atom. The van der Waals surface area contributed by atoms with Crippen molar-refractivity contribution in [3.63, 3.8) is 0 Å². The van der Waals surface area contributed by atoms with Crippen molar-refractivity contribution in [3.05, 3.63) is 23.2 Å². The zero-order valence-electron chi connectivity index (χ0n) is 9.26. The number of aromatic nitrogens is 3. The van der Waals surface area contributed by atoms with Crippen LogP contribution in [0.4, 0.5) is 5.82 Å². The SMILES string of the molecule is CC(O)(CO)CNc1nc(Br)cn2ccnc12. The van der Waals surface area contributed by atoms with E-state index in [1.54, 1.807) is 25.5 Å². The average Bonchev–Trinajstić information content (AvgIpc) is 2.73. The van der Waals surface area contributed by atoms with E-state index < -0.39 is 5.60 Å². The number of hydrogen-bond donors (Lipinski definition) is 3. The Hall–Kier alpha value is -1.18. The highest BCUT2D eigenvalue weighted by Gasteiger charge is 2.19. The first-order chi connectivity index (χ1) is 8.02. The van der Waals surface area contributed by atoms with Crippen molar-refractivity contribution in [2.45, 2.75) is 12.5 Å². The molecule has 0 fully saturated rings. The lowest BCUT2D eigenvalue weighted by molar-refractivity contribution is 0.0132. The molecule has 2 aromatic rings. The van der Waals surface area contributed by atoms with Crippen LogP contribution >= 0.6 is 15.9 Å². The second kappa shape index (κ2) is 4.59. The van der Waals surface area contributed by atoms with Crippen LogP contribution in [0.25, 0.3) is 5.65 Å². The maximum Gasteiger partial charge on any atom is 0.180 e. The number of nitrogens with zero attached hydrogens (tertiary/aromatic N) is 3. The smallest absolute Gasteiger partial charge is 0.180 e. The maximum absolute atomic E-state index is 9.70. The summed E-state index contributed by atoms with van der Waals surface area (Å²) in [6.07, 6.45) is 5.26. The lowest BCUT2D eigenvalue weighted by Gasteiger charge is -2.21. The van der Waals surface area contributed by atoms with Gasteiger partial charge in [-0.2, -0.15) is 0 Å². The minimum absolute atomic E-state index is 0.190. The Bertz CT molecular complexity index is 526. The van der Waals surface area contributed by atoms with Crippen LogP contribution < -0.4 is 5.32 Å². The van der Waals surface area contributed by atoms with E-state index in [1.165, 1.54) is 0 Å². The first-order valence-electron chi connectivity index (χ1n) is 5.08. The fourth-order valence-electron chi connectivity index (χ4n) is 1.35. The highest BCUT2D eigenvalue weighted by Crippen LogP contribution is 2.17. The topological polar surface area (TPSA) is 82.7 Å². The summed E-state index contributed by atoms with van der Waals surface area (Å²) in [6.45, 7) is 1.41. The van der Waals surface area contributed by atoms with Gasteiger partial charge < -0.3 is 19.9 Å². The Balaban J connectivity index is 2.26. The number of fused-ring (bicyclic) bond motifs is 1. The molecule has 0 aliphatic carbocycles. The molecule has 0 saturated heterocycles. The molecule has 17 heavy (non-hydrogen) atoms. The standard InChI is InChI=1S/C10H13BrN4O2/c1-10(17,6-16)5-13-8-9-12-2-3-15(9)4-7(11)14-8/h2-4,16-17H,5-6H2,1H3,(H,13,14). The number of halogens is 1. The largest absolute Gasteiger partial charge is 0.393 e. The van der Waals surface area contributed by atoms with Gasteiger partial charge >= 0.3 is 0 Å². The van der Waals surface area contributed by atoms with Gasteiger partial charge in [-0.1, -0.05) is 0 Å². The minimum Gasteiger partial charge on any atom is -0.393 e. The second-order valence-corrected chi connectivity index (χ2v) is 4.89. The lowest BCUT2D eigenvalue weighted by Crippen LogP contribution is -2.37. The van der Waals surface area contributed by atoms with Crippen molar-refractivity contribution in [1.29, 1.82) is 0 Å². The first kappa shape index (κ1) is 12.3. The van der Waals surface area contributed by atoms with E-state index in [-0.39, 0.29) is 13.2 Å². The van der Waals surface area contributed by atoms with Gasteiger partial charge in [0.15, 0.2) is 11.5 Å². The van der Waals surface area contributed by atoms with Crippen LogP contribution in [0, 0.1) is 0 Å². The molecular formula is C10H13BrN4O2. The van der Waals surface area contributed by atoms with Crippen molar-refractivity contribution in [2.75, 3.05) is 18.5 Å². The zero-order valence-corrected chi connectivity index (χ0v) is 10.8. The summed E-state index contributed by atoms with van der Waals surface area (Å²) >= 11 is 3.29. The molecule has 92 valence electrons. The lowest BCUT2D eigenvalue weighted by atomic mass is 10.1. The fourth-order valence-corrected chi connectivity index (χ4v) is 1.75. The number of aliphatic hydroxyl groups is 2. The van der Waals surface area contributed by atoms with E-state index in [0.29, 0.717) is 16.1 Å². The molecule has 0 amide bonds. The highest BCUT2D eigenvalue weighted by molar-refractivity contribution is 9.10. The summed E-state index contributed by atoms with van der Waals surface area (Å²) in [5.41, 5.74) is -0.518. The van der Waals surface area contributed by atoms with Crippen LogP contribution in [0.2, 0.25) is 0 Å². The van der Waals surface area contributed by atoms with Gasteiger partial charge in [0, 0.05) is 25.1 Å². The van der Waals surface area contributed by atoms with E-state index >= 15 is 0 Å². The molecule has 1 unspecified atom stereocenters. The van der Waals surface area contributed by atoms with E-state index in [4.69, 9.17) is 5.11 Å². The molecule has 2 rings (SSSR count). The average molecular weight is 301 g/mol. The molecule has 2 aromatic heterocycles. The van der Waals surface area contributed by atoms with Crippen LogP contribution in [-0.4, -0.2) is 43.3 Å². The molecule has 6 nitrogen and oxygen atoms in total.